The van der Waals surface area contributed by atoms with E-state index in [1.165, 1.54) is 0 Å². The summed E-state index contributed by atoms with van der Waals surface area (Å²) >= 11 is 0. The zero-order chi connectivity index (χ0) is 18.8. The van der Waals surface area contributed by atoms with Gasteiger partial charge in [-0.05, 0) is 36.8 Å². The molecule has 4 rings (SSSR count). The second-order valence-electron chi connectivity index (χ2n) is 6.05. The van der Waals surface area contributed by atoms with E-state index in [-0.39, 0.29) is 0 Å². The lowest BCUT2D eigenvalue weighted by Crippen LogP contribution is -2.02. The number of aromatic nitrogens is 5. The largest absolute Gasteiger partial charge is 0.495 e. The number of nitrogen functional groups attached to an aromatic ring is 1. The van der Waals surface area contributed by atoms with Gasteiger partial charge in [-0.2, -0.15) is 5.10 Å². The van der Waals surface area contributed by atoms with Crippen LogP contribution in [0.5, 0.6) is 5.75 Å². The van der Waals surface area contributed by atoms with Gasteiger partial charge in [0, 0.05) is 17.3 Å². The molecule has 0 fully saturated rings. The fraction of sp³-hybridized carbons (Fsp3) is 0.105. The van der Waals surface area contributed by atoms with Gasteiger partial charge in [-0.3, -0.25) is 9.97 Å². The molecule has 0 aliphatic carbocycles. The maximum absolute atomic E-state index is 5.86. The number of nitrogens with one attached hydrogen (secondary N) is 1. The van der Waals surface area contributed by atoms with Crippen LogP contribution in [0.1, 0.15) is 5.56 Å². The first-order valence-electron chi connectivity index (χ1n) is 8.24. The Balaban J connectivity index is 1.90. The number of fused-ring (bicyclic) bond motifs is 1. The number of rotatable bonds is 4. The lowest BCUT2D eigenvalue weighted by atomic mass is 10.1. The van der Waals surface area contributed by atoms with Gasteiger partial charge in [0.25, 0.3) is 0 Å². The summed E-state index contributed by atoms with van der Waals surface area (Å²) in [5.74, 6) is 1.85. The highest BCUT2D eigenvalue weighted by molar-refractivity contribution is 5.89. The van der Waals surface area contributed by atoms with Gasteiger partial charge in [-0.1, -0.05) is 0 Å². The van der Waals surface area contributed by atoms with E-state index in [2.05, 4.69) is 25.5 Å². The number of aryl methyl sites for hydroxylation is 1. The molecule has 4 heterocycles. The molecule has 0 aliphatic heterocycles. The SMILES string of the molecule is COc1cncc(-c2cc3ncc(N)cc3nc2Nc2cc(C)cnn2)c1. The molecule has 0 radical (unpaired) electrons. The van der Waals surface area contributed by atoms with E-state index in [9.17, 15) is 0 Å². The van der Waals surface area contributed by atoms with E-state index in [0.717, 1.165) is 22.2 Å². The minimum Gasteiger partial charge on any atom is -0.495 e. The number of hydrogen-bond acceptors (Lipinski definition) is 8. The molecule has 27 heavy (non-hydrogen) atoms. The summed E-state index contributed by atoms with van der Waals surface area (Å²) in [7, 11) is 1.60. The first-order valence-corrected chi connectivity index (χ1v) is 8.24. The number of nitrogens with zero attached hydrogens (tertiary/aromatic N) is 5. The third kappa shape index (κ3) is 3.45. The Bertz CT molecular complexity index is 1130. The number of hydrogen-bond donors (Lipinski definition) is 2. The summed E-state index contributed by atoms with van der Waals surface area (Å²) in [5, 5.41) is 11.3. The number of nitrogens with two attached hydrogens (primary N) is 1. The summed E-state index contributed by atoms with van der Waals surface area (Å²) < 4.78 is 5.30. The quantitative estimate of drug-likeness (QED) is 0.571. The molecule has 4 aromatic rings. The van der Waals surface area contributed by atoms with Crippen molar-refractivity contribution in [3.8, 4) is 16.9 Å². The van der Waals surface area contributed by atoms with Crippen molar-refractivity contribution in [2.24, 2.45) is 0 Å². The highest BCUT2D eigenvalue weighted by Crippen LogP contribution is 2.32. The highest BCUT2D eigenvalue weighted by Gasteiger charge is 2.13. The second kappa shape index (κ2) is 6.83. The van der Waals surface area contributed by atoms with Crippen molar-refractivity contribution in [2.45, 2.75) is 6.92 Å². The third-order valence-electron chi connectivity index (χ3n) is 3.98. The lowest BCUT2D eigenvalue weighted by Gasteiger charge is -2.13. The normalized spacial score (nSPS) is 10.7. The van der Waals surface area contributed by atoms with E-state index in [1.54, 1.807) is 38.0 Å². The molecule has 0 atom stereocenters. The van der Waals surface area contributed by atoms with Gasteiger partial charge in [-0.25, -0.2) is 4.98 Å². The smallest absolute Gasteiger partial charge is 0.154 e. The third-order valence-corrected chi connectivity index (χ3v) is 3.98. The zero-order valence-corrected chi connectivity index (χ0v) is 14.8. The Morgan fingerprint density at radius 3 is 2.70 bits per heavy atom. The number of pyridine rings is 3. The van der Waals surface area contributed by atoms with Crippen LogP contribution in [-0.4, -0.2) is 32.3 Å². The van der Waals surface area contributed by atoms with Crippen molar-refractivity contribution in [1.29, 1.82) is 0 Å². The van der Waals surface area contributed by atoms with Crippen molar-refractivity contribution in [2.75, 3.05) is 18.2 Å². The molecule has 0 saturated heterocycles. The Kier molecular flexibility index (Phi) is 4.21. The predicted molar refractivity (Wildman–Crippen MR) is 104 cm³/mol. The van der Waals surface area contributed by atoms with Crippen LogP contribution in [-0.2, 0) is 0 Å². The van der Waals surface area contributed by atoms with E-state index in [4.69, 9.17) is 15.5 Å². The molecule has 0 saturated carbocycles. The van der Waals surface area contributed by atoms with E-state index < -0.39 is 0 Å². The van der Waals surface area contributed by atoms with Crippen molar-refractivity contribution in [1.82, 2.24) is 25.1 Å². The Labute approximate surface area is 155 Å². The first-order chi connectivity index (χ1) is 13.1. The van der Waals surface area contributed by atoms with Crippen LogP contribution in [0.4, 0.5) is 17.3 Å². The first kappa shape index (κ1) is 16.6. The van der Waals surface area contributed by atoms with Gasteiger partial charge in [0.15, 0.2) is 5.82 Å². The summed E-state index contributed by atoms with van der Waals surface area (Å²) in [6, 6.07) is 7.50. The number of ether oxygens (including phenoxy) is 1. The molecule has 0 unspecified atom stereocenters. The van der Waals surface area contributed by atoms with Crippen LogP contribution in [0.2, 0.25) is 0 Å². The van der Waals surface area contributed by atoms with Crippen molar-refractivity contribution < 1.29 is 4.74 Å². The second-order valence-corrected chi connectivity index (χ2v) is 6.05. The number of anilines is 3. The highest BCUT2D eigenvalue weighted by atomic mass is 16.5. The average Bonchev–Trinajstić information content (AvgIpc) is 2.67. The summed E-state index contributed by atoms with van der Waals surface area (Å²) in [6.45, 7) is 1.95. The maximum Gasteiger partial charge on any atom is 0.154 e. The van der Waals surface area contributed by atoms with Crippen molar-refractivity contribution in [3.63, 3.8) is 0 Å². The number of methoxy groups -OCH3 is 1. The van der Waals surface area contributed by atoms with Gasteiger partial charge < -0.3 is 15.8 Å². The van der Waals surface area contributed by atoms with Gasteiger partial charge in [0.1, 0.15) is 11.6 Å². The monoisotopic (exact) mass is 359 g/mol. The van der Waals surface area contributed by atoms with Gasteiger partial charge >= 0.3 is 0 Å². The maximum atomic E-state index is 5.86. The van der Waals surface area contributed by atoms with E-state index >= 15 is 0 Å². The molecule has 3 N–H and O–H groups in total. The van der Waals surface area contributed by atoms with Crippen LogP contribution in [0.25, 0.3) is 22.2 Å². The fourth-order valence-corrected chi connectivity index (χ4v) is 2.71. The van der Waals surface area contributed by atoms with Gasteiger partial charge in [0.05, 0.1) is 42.4 Å². The molecule has 4 aromatic heterocycles. The Hall–Kier alpha value is -3.81. The average molecular weight is 359 g/mol. The molecule has 0 aliphatic rings. The topological polar surface area (TPSA) is 112 Å². The van der Waals surface area contributed by atoms with Gasteiger partial charge in [-0.15, -0.1) is 5.10 Å². The Morgan fingerprint density at radius 1 is 1.00 bits per heavy atom. The van der Waals surface area contributed by atoms with Crippen LogP contribution in [0.15, 0.2) is 49.1 Å². The molecule has 0 spiro atoms. The molecule has 0 aromatic carbocycles. The molecule has 134 valence electrons. The minimum absolute atomic E-state index is 0.548. The van der Waals surface area contributed by atoms with Crippen LogP contribution in [0, 0.1) is 6.92 Å². The van der Waals surface area contributed by atoms with Crippen LogP contribution < -0.4 is 15.8 Å². The summed E-state index contributed by atoms with van der Waals surface area (Å²) in [6.07, 6.45) is 6.69. The molecular formula is C19H17N7O. The molecule has 0 amide bonds. The fourth-order valence-electron chi connectivity index (χ4n) is 2.71. The lowest BCUT2D eigenvalue weighted by molar-refractivity contribution is 0.413. The zero-order valence-electron chi connectivity index (χ0n) is 14.8. The molecule has 8 nitrogen and oxygen atoms in total. The summed E-state index contributed by atoms with van der Waals surface area (Å²) in [4.78, 5) is 13.3. The van der Waals surface area contributed by atoms with Crippen molar-refractivity contribution in [3.05, 3.63) is 54.6 Å². The molecular weight excluding hydrogens is 342 g/mol. The van der Waals surface area contributed by atoms with Crippen LogP contribution in [0.3, 0.4) is 0 Å². The van der Waals surface area contributed by atoms with Crippen molar-refractivity contribution >= 4 is 28.4 Å². The van der Waals surface area contributed by atoms with Gasteiger partial charge in [0.2, 0.25) is 0 Å². The molecule has 8 heteroatoms. The predicted octanol–water partition coefficient (Wildman–Crippen LogP) is 3.12. The van der Waals surface area contributed by atoms with E-state index in [1.807, 2.05) is 25.1 Å². The van der Waals surface area contributed by atoms with E-state index in [0.29, 0.717) is 28.6 Å². The molecule has 0 bridgehead atoms. The summed E-state index contributed by atoms with van der Waals surface area (Å²) in [5.41, 5.74) is 10.5. The standard InChI is InChI=1S/C19H17N7O/c1-11-3-18(26-23-7-11)25-19-15(12-4-14(27-2)10-21-8-12)6-16-17(24-19)5-13(20)9-22-16/h3-10H,20H2,1-2H3,(H,24,25,26). The van der Waals surface area contributed by atoms with Crippen LogP contribution >= 0.6 is 0 Å². The Morgan fingerprint density at radius 2 is 1.89 bits per heavy atom. The minimum atomic E-state index is 0.548.